The molecule has 0 saturated carbocycles. The third kappa shape index (κ3) is 5.48. The number of aryl methyl sites for hydroxylation is 1. The van der Waals surface area contributed by atoms with E-state index in [-0.39, 0.29) is 30.4 Å². The molecule has 1 N–H and O–H groups in total. The summed E-state index contributed by atoms with van der Waals surface area (Å²) in [6.07, 6.45) is -1.07. The van der Waals surface area contributed by atoms with Crippen LogP contribution in [0.25, 0.3) is 0 Å². The average molecular weight is 501 g/mol. The minimum Gasteiger partial charge on any atom is -0.497 e. The summed E-state index contributed by atoms with van der Waals surface area (Å²) in [5, 5.41) is 2.70. The van der Waals surface area contributed by atoms with Crippen molar-refractivity contribution in [3.05, 3.63) is 78.1 Å². The van der Waals surface area contributed by atoms with Crippen LogP contribution in [0, 0.1) is 12.7 Å². The highest BCUT2D eigenvalue weighted by atomic mass is 32.2. The first-order chi connectivity index (χ1) is 16.8. The van der Waals surface area contributed by atoms with Crippen LogP contribution in [0.1, 0.15) is 5.56 Å². The zero-order chi connectivity index (χ0) is 25.0. The Bertz CT molecular complexity index is 1300. The van der Waals surface area contributed by atoms with Gasteiger partial charge in [-0.25, -0.2) is 12.8 Å². The van der Waals surface area contributed by atoms with Gasteiger partial charge in [0, 0.05) is 0 Å². The maximum absolute atomic E-state index is 13.5. The second-order valence-electron chi connectivity index (χ2n) is 7.88. The van der Waals surface area contributed by atoms with Gasteiger partial charge in [0.15, 0.2) is 6.10 Å². The molecule has 1 heterocycles. The van der Waals surface area contributed by atoms with Crippen LogP contribution in [0.5, 0.6) is 17.2 Å². The van der Waals surface area contributed by atoms with Gasteiger partial charge in [-0.1, -0.05) is 6.07 Å². The zero-order valence-corrected chi connectivity index (χ0v) is 20.0. The van der Waals surface area contributed by atoms with Crippen LogP contribution in [0.4, 0.5) is 10.1 Å². The fourth-order valence-electron chi connectivity index (χ4n) is 3.59. The van der Waals surface area contributed by atoms with E-state index in [2.05, 4.69) is 5.32 Å². The van der Waals surface area contributed by atoms with Crippen molar-refractivity contribution in [1.82, 2.24) is 5.32 Å². The van der Waals surface area contributed by atoms with Gasteiger partial charge in [0.25, 0.3) is 15.9 Å². The highest BCUT2D eigenvalue weighted by molar-refractivity contribution is 7.92. The molecular formula is C25H25FN2O6S. The van der Waals surface area contributed by atoms with E-state index in [1.807, 2.05) is 6.92 Å². The second kappa shape index (κ2) is 10.2. The summed E-state index contributed by atoms with van der Waals surface area (Å²) in [7, 11) is -2.49. The van der Waals surface area contributed by atoms with Gasteiger partial charge in [-0.15, -0.1) is 0 Å². The molecule has 1 aliphatic rings. The van der Waals surface area contributed by atoms with Crippen molar-refractivity contribution in [3.8, 4) is 17.2 Å². The fourth-order valence-corrected chi connectivity index (χ4v) is 5.06. The van der Waals surface area contributed by atoms with Crippen LogP contribution in [0.2, 0.25) is 0 Å². The molecule has 8 nitrogen and oxygen atoms in total. The quantitative estimate of drug-likeness (QED) is 0.477. The molecule has 0 aromatic heterocycles. The summed E-state index contributed by atoms with van der Waals surface area (Å²) in [6, 6.07) is 16.7. The molecule has 184 valence electrons. The van der Waals surface area contributed by atoms with Crippen LogP contribution in [0.15, 0.2) is 71.6 Å². The number of benzene rings is 3. The number of nitrogens with zero attached hydrogens (tertiary/aromatic N) is 1. The Hall–Kier alpha value is -3.79. The van der Waals surface area contributed by atoms with E-state index in [0.717, 1.165) is 5.56 Å². The van der Waals surface area contributed by atoms with Crippen molar-refractivity contribution in [3.63, 3.8) is 0 Å². The normalized spacial score (nSPS) is 15.1. The van der Waals surface area contributed by atoms with Crippen LogP contribution in [0.3, 0.4) is 0 Å². The number of fused-ring (bicyclic) bond motifs is 1. The number of carbonyl (C=O) groups excluding carboxylic acids is 1. The Morgan fingerprint density at radius 3 is 2.46 bits per heavy atom. The molecule has 0 aliphatic carbocycles. The summed E-state index contributed by atoms with van der Waals surface area (Å²) in [6.45, 7) is 1.95. The van der Waals surface area contributed by atoms with E-state index < -0.39 is 22.0 Å². The topological polar surface area (TPSA) is 94.2 Å². The van der Waals surface area contributed by atoms with E-state index in [4.69, 9.17) is 14.2 Å². The number of methoxy groups -OCH3 is 1. The third-order valence-corrected chi connectivity index (χ3v) is 7.20. The fraction of sp³-hybridized carbons (Fsp3) is 0.240. The smallest absolute Gasteiger partial charge is 0.264 e. The van der Waals surface area contributed by atoms with Crippen molar-refractivity contribution in [2.24, 2.45) is 0 Å². The van der Waals surface area contributed by atoms with Gasteiger partial charge in [-0.05, 0) is 73.2 Å². The molecule has 1 unspecified atom stereocenters. The molecule has 0 fully saturated rings. The van der Waals surface area contributed by atoms with Crippen molar-refractivity contribution in [2.75, 3.05) is 31.1 Å². The predicted octanol–water partition coefficient (Wildman–Crippen LogP) is 3.29. The number of ether oxygens (including phenoxy) is 3. The lowest BCUT2D eigenvalue weighted by Crippen LogP contribution is -2.51. The van der Waals surface area contributed by atoms with Crippen molar-refractivity contribution in [2.45, 2.75) is 17.9 Å². The zero-order valence-electron chi connectivity index (χ0n) is 19.2. The predicted molar refractivity (Wildman–Crippen MR) is 128 cm³/mol. The first-order valence-corrected chi connectivity index (χ1v) is 12.3. The molecular weight excluding hydrogens is 475 g/mol. The van der Waals surface area contributed by atoms with Gasteiger partial charge in [-0.2, -0.15) is 0 Å². The highest BCUT2D eigenvalue weighted by Crippen LogP contribution is 2.38. The summed E-state index contributed by atoms with van der Waals surface area (Å²) in [5.41, 5.74) is 1.22. The lowest BCUT2D eigenvalue weighted by atomic mass is 10.1. The van der Waals surface area contributed by atoms with Gasteiger partial charge in [0.1, 0.15) is 29.7 Å². The largest absolute Gasteiger partial charge is 0.497 e. The van der Waals surface area contributed by atoms with E-state index in [9.17, 15) is 17.6 Å². The van der Waals surface area contributed by atoms with Gasteiger partial charge in [-0.3, -0.25) is 9.10 Å². The molecule has 35 heavy (non-hydrogen) atoms. The molecule has 0 saturated heterocycles. The first-order valence-electron chi connectivity index (χ1n) is 10.9. The maximum atomic E-state index is 13.5. The number of nitrogens with one attached hydrogen (secondary N) is 1. The van der Waals surface area contributed by atoms with Gasteiger partial charge in [0.05, 0.1) is 30.8 Å². The lowest BCUT2D eigenvalue weighted by Gasteiger charge is -2.35. The van der Waals surface area contributed by atoms with Crippen molar-refractivity contribution < 1.29 is 31.8 Å². The summed E-state index contributed by atoms with van der Waals surface area (Å²) >= 11 is 0. The Balaban J connectivity index is 1.49. The Labute approximate surface area is 203 Å². The van der Waals surface area contributed by atoms with Crippen LogP contribution in [-0.2, 0) is 14.8 Å². The Morgan fingerprint density at radius 1 is 1.09 bits per heavy atom. The number of halogens is 1. The monoisotopic (exact) mass is 500 g/mol. The number of rotatable bonds is 8. The van der Waals surface area contributed by atoms with Gasteiger partial charge >= 0.3 is 0 Å². The van der Waals surface area contributed by atoms with E-state index in [1.54, 1.807) is 30.3 Å². The summed E-state index contributed by atoms with van der Waals surface area (Å²) in [4.78, 5) is 12.9. The molecule has 1 aliphatic heterocycles. The number of hydrogen-bond donors (Lipinski definition) is 1. The van der Waals surface area contributed by atoms with Crippen LogP contribution in [-0.4, -0.2) is 47.2 Å². The van der Waals surface area contributed by atoms with Crippen LogP contribution >= 0.6 is 0 Å². The summed E-state index contributed by atoms with van der Waals surface area (Å²) < 4.78 is 57.7. The lowest BCUT2D eigenvalue weighted by molar-refractivity contribution is -0.127. The number of sulfonamides is 1. The summed E-state index contributed by atoms with van der Waals surface area (Å²) in [5.74, 6) is 0.443. The number of hydrogen-bond acceptors (Lipinski definition) is 6. The molecule has 0 spiro atoms. The SMILES string of the molecule is COc1ccc(S(=O)(=O)N2CC(C(=O)NCCOc3ccc(F)cc3)Oc3ccc(C)cc32)cc1. The average Bonchev–Trinajstić information content (AvgIpc) is 2.86. The Morgan fingerprint density at radius 2 is 1.77 bits per heavy atom. The van der Waals surface area contributed by atoms with E-state index >= 15 is 0 Å². The van der Waals surface area contributed by atoms with Crippen LogP contribution < -0.4 is 23.8 Å². The van der Waals surface area contributed by atoms with Crippen molar-refractivity contribution in [1.29, 1.82) is 0 Å². The first kappa shape index (κ1) is 24.3. The number of anilines is 1. The molecule has 1 atom stereocenters. The molecule has 3 aromatic rings. The highest BCUT2D eigenvalue weighted by Gasteiger charge is 2.37. The molecule has 10 heteroatoms. The third-order valence-electron chi connectivity index (χ3n) is 5.41. The second-order valence-corrected chi connectivity index (χ2v) is 9.75. The van der Waals surface area contributed by atoms with Gasteiger partial charge < -0.3 is 19.5 Å². The van der Waals surface area contributed by atoms with E-state index in [0.29, 0.717) is 22.9 Å². The molecule has 4 rings (SSSR count). The van der Waals surface area contributed by atoms with Crippen molar-refractivity contribution >= 4 is 21.6 Å². The van der Waals surface area contributed by atoms with E-state index in [1.165, 1.54) is 47.8 Å². The Kier molecular flexibility index (Phi) is 7.11. The molecule has 1 amide bonds. The van der Waals surface area contributed by atoms with Gasteiger partial charge in [0.2, 0.25) is 0 Å². The standard InChI is InChI=1S/C25H25FN2O6S/c1-17-3-12-23-22(15-17)28(35(30,31)21-10-8-19(32-2)9-11-21)16-24(34-23)25(29)27-13-14-33-20-6-4-18(26)5-7-20/h3-12,15,24H,13-14,16H2,1-2H3,(H,27,29). The molecule has 0 bridgehead atoms. The number of carbonyl (C=O) groups is 1. The maximum Gasteiger partial charge on any atom is 0.264 e. The molecule has 3 aromatic carbocycles. The number of amides is 1. The minimum absolute atomic E-state index is 0.0690. The molecule has 0 radical (unpaired) electrons. The minimum atomic E-state index is -3.99.